The number of benzene rings is 2. The summed E-state index contributed by atoms with van der Waals surface area (Å²) in [5.41, 5.74) is -4.33. The van der Waals surface area contributed by atoms with Gasteiger partial charge in [0.15, 0.2) is 0 Å². The zero-order chi connectivity index (χ0) is 29.2. The van der Waals surface area contributed by atoms with Crippen molar-refractivity contribution < 1.29 is 53.9 Å². The minimum absolute atomic E-state index is 0.000775. The van der Waals surface area contributed by atoms with Gasteiger partial charge in [-0.05, 0) is 66.8 Å². The Kier molecular flexibility index (Phi) is 8.98. The van der Waals surface area contributed by atoms with Crippen LogP contribution in [0.15, 0.2) is 36.4 Å². The van der Waals surface area contributed by atoms with Gasteiger partial charge in [0, 0.05) is 12.6 Å². The minimum atomic E-state index is -5.05. The highest BCUT2D eigenvalue weighted by Crippen LogP contribution is 2.42. The molecule has 0 spiro atoms. The van der Waals surface area contributed by atoms with Crippen molar-refractivity contribution in [3.8, 4) is 0 Å². The van der Waals surface area contributed by atoms with Crippen LogP contribution in [-0.4, -0.2) is 18.8 Å². The van der Waals surface area contributed by atoms with Crippen LogP contribution in [0.25, 0.3) is 0 Å². The number of hydrogen-bond acceptors (Lipinski definition) is 5. The van der Waals surface area contributed by atoms with E-state index in [1.165, 1.54) is 0 Å². The molecule has 1 N–H and O–H groups in total. The average molecular weight is 572 g/mol. The van der Waals surface area contributed by atoms with Gasteiger partial charge in [-0.1, -0.05) is 13.8 Å². The minimum Gasteiger partial charge on any atom is -0.433 e. The summed E-state index contributed by atoms with van der Waals surface area (Å²) in [5.74, 6) is 0. The number of halogens is 9. The molecule has 1 aliphatic heterocycles. The molecule has 0 bridgehead atoms. The third-order valence-electron chi connectivity index (χ3n) is 6.08. The molecule has 1 heterocycles. The Morgan fingerprint density at radius 3 is 2.00 bits per heavy atom. The first-order chi connectivity index (χ1) is 18.0. The van der Waals surface area contributed by atoms with Crippen molar-refractivity contribution in [1.82, 2.24) is 5.32 Å². The van der Waals surface area contributed by atoms with Crippen molar-refractivity contribution in [2.45, 2.75) is 70.3 Å². The summed E-state index contributed by atoms with van der Waals surface area (Å²) in [5, 5.41) is 3.92. The van der Waals surface area contributed by atoms with E-state index in [2.05, 4.69) is 5.32 Å². The molecule has 216 valence electrons. The van der Waals surface area contributed by atoms with Crippen LogP contribution in [0.4, 0.5) is 50.0 Å². The largest absolute Gasteiger partial charge is 0.533 e. The summed E-state index contributed by atoms with van der Waals surface area (Å²) in [6, 6.07) is 2.26. The molecule has 0 radical (unpaired) electrons. The molecule has 5 nitrogen and oxygen atoms in total. The van der Waals surface area contributed by atoms with Gasteiger partial charge in [-0.15, -0.1) is 0 Å². The Balaban J connectivity index is 1.99. The van der Waals surface area contributed by atoms with E-state index in [0.717, 1.165) is 23.3 Å². The summed E-state index contributed by atoms with van der Waals surface area (Å²) in [7, 11) is 0. The van der Waals surface area contributed by atoms with Crippen molar-refractivity contribution in [3.63, 3.8) is 0 Å². The summed E-state index contributed by atoms with van der Waals surface area (Å²) in [4.78, 5) is 17.4. The Morgan fingerprint density at radius 2 is 1.49 bits per heavy atom. The molecule has 39 heavy (non-hydrogen) atoms. The molecule has 1 aliphatic rings. The lowest BCUT2D eigenvalue weighted by Crippen LogP contribution is -2.44. The molecule has 0 saturated heterocycles. The monoisotopic (exact) mass is 572 g/mol. The maximum atomic E-state index is 13.5. The summed E-state index contributed by atoms with van der Waals surface area (Å²) >= 11 is 0. The van der Waals surface area contributed by atoms with E-state index in [4.69, 9.17) is 9.57 Å². The Hall–Kier alpha value is -3.16. The van der Waals surface area contributed by atoms with Crippen molar-refractivity contribution >= 4 is 11.8 Å². The van der Waals surface area contributed by atoms with E-state index in [0.29, 0.717) is 25.0 Å². The van der Waals surface area contributed by atoms with Gasteiger partial charge in [-0.2, -0.15) is 44.6 Å². The van der Waals surface area contributed by atoms with Crippen molar-refractivity contribution in [3.05, 3.63) is 64.2 Å². The number of nitrogens with one attached hydrogen (secondary N) is 1. The second kappa shape index (κ2) is 11.5. The summed E-state index contributed by atoms with van der Waals surface area (Å²) < 4.78 is 125. The van der Waals surface area contributed by atoms with Crippen LogP contribution in [0.5, 0.6) is 0 Å². The molecular formula is C25H25F9N2O3. The predicted molar refractivity (Wildman–Crippen MR) is 121 cm³/mol. The van der Waals surface area contributed by atoms with E-state index in [9.17, 15) is 44.3 Å². The fraction of sp³-hybridized carbons (Fsp3) is 0.480. The summed E-state index contributed by atoms with van der Waals surface area (Å²) in [6.45, 7) is 3.00. The Labute approximate surface area is 217 Å². The molecule has 3 rings (SSSR count). The lowest BCUT2D eigenvalue weighted by atomic mass is 9.89. The number of alkyl halides is 9. The van der Waals surface area contributed by atoms with Crippen LogP contribution < -0.4 is 10.4 Å². The first-order valence-corrected chi connectivity index (χ1v) is 11.9. The molecule has 14 heteroatoms. The highest BCUT2D eigenvalue weighted by molar-refractivity contribution is 5.65. The Morgan fingerprint density at radius 1 is 0.897 bits per heavy atom. The molecular weight excluding hydrogens is 547 g/mol. The zero-order valence-corrected chi connectivity index (χ0v) is 20.7. The number of carbonyl (C=O) groups excluding carboxylic acids is 1. The lowest BCUT2D eigenvalue weighted by molar-refractivity contribution is -0.143. The number of rotatable bonds is 7. The fourth-order valence-electron chi connectivity index (χ4n) is 4.21. The summed E-state index contributed by atoms with van der Waals surface area (Å²) in [6.07, 6.45) is -15.1. The molecule has 0 fully saturated rings. The van der Waals surface area contributed by atoms with Gasteiger partial charge in [0.1, 0.15) is 0 Å². The molecule has 0 saturated carbocycles. The highest BCUT2D eigenvalue weighted by atomic mass is 19.4. The number of hydrogen-bond donors (Lipinski definition) is 1. The fourth-order valence-corrected chi connectivity index (χ4v) is 4.21. The van der Waals surface area contributed by atoms with Gasteiger partial charge in [-0.3, -0.25) is 0 Å². The average Bonchev–Trinajstić information content (AvgIpc) is 2.84. The number of carbonyl (C=O) groups is 1. The van der Waals surface area contributed by atoms with Crippen LogP contribution in [-0.2, 0) is 34.6 Å². The van der Waals surface area contributed by atoms with E-state index < -0.39 is 60.0 Å². The lowest BCUT2D eigenvalue weighted by Gasteiger charge is -2.40. The van der Waals surface area contributed by atoms with Crippen LogP contribution in [0, 0.1) is 0 Å². The van der Waals surface area contributed by atoms with Crippen molar-refractivity contribution in [1.29, 1.82) is 0 Å². The predicted octanol–water partition coefficient (Wildman–Crippen LogP) is 8.04. The van der Waals surface area contributed by atoms with Crippen molar-refractivity contribution in [2.75, 3.05) is 11.7 Å². The molecule has 0 aromatic heterocycles. The smallest absolute Gasteiger partial charge is 0.433 e. The van der Waals surface area contributed by atoms with Crippen LogP contribution in [0.1, 0.15) is 67.0 Å². The van der Waals surface area contributed by atoms with Gasteiger partial charge in [0.2, 0.25) is 0 Å². The van der Waals surface area contributed by atoms with Gasteiger partial charge < -0.3 is 14.9 Å². The molecule has 0 amide bonds. The van der Waals surface area contributed by atoms with Gasteiger partial charge >= 0.3 is 24.7 Å². The van der Waals surface area contributed by atoms with Gasteiger partial charge in [0.05, 0.1) is 35.0 Å². The van der Waals surface area contributed by atoms with Crippen LogP contribution in [0.3, 0.4) is 0 Å². The number of nitrogens with zero attached hydrogens (tertiary/aromatic N) is 1. The Bertz CT molecular complexity index is 1130. The number of fused-ring (bicyclic) bond motifs is 1. The van der Waals surface area contributed by atoms with Crippen molar-refractivity contribution in [2.24, 2.45) is 0 Å². The number of hydroxylamine groups is 1. The number of anilines is 1. The molecule has 2 atom stereocenters. The third-order valence-corrected chi connectivity index (χ3v) is 6.08. The molecule has 0 unspecified atom stereocenters. The molecule has 0 aliphatic carbocycles. The first-order valence-electron chi connectivity index (χ1n) is 11.9. The number of ether oxygens (including phenoxy) is 1. The second-order valence-corrected chi connectivity index (χ2v) is 8.93. The molecule has 2 aromatic carbocycles. The van der Waals surface area contributed by atoms with Crippen LogP contribution >= 0.6 is 0 Å². The standard InChI is InChI=1S/C25H25F9N2O3/c1-3-7-38-22(37)39-36-18(4-2)12-20(19-11-15(23(26,27)28)5-6-21(19)36)35-13-14-8-16(24(29,30)31)10-17(9-14)25(32,33)34/h5-6,8-11,18,20,35H,3-4,7,12-13H2,1-2H3/t18-,20+/m1/s1. The quantitative estimate of drug-likeness (QED) is 0.269. The zero-order valence-electron chi connectivity index (χ0n) is 20.7. The third kappa shape index (κ3) is 7.49. The maximum absolute atomic E-state index is 13.5. The van der Waals surface area contributed by atoms with E-state index >= 15 is 0 Å². The van der Waals surface area contributed by atoms with Gasteiger partial charge in [-0.25, -0.2) is 4.79 Å². The first kappa shape index (κ1) is 30.4. The molecule has 2 aromatic rings. The normalized spacial score (nSPS) is 18.1. The second-order valence-electron chi connectivity index (χ2n) is 8.93. The maximum Gasteiger partial charge on any atom is 0.533 e. The highest BCUT2D eigenvalue weighted by Gasteiger charge is 2.39. The SMILES string of the molecule is CCCOC(=O)ON1c2ccc(C(F)(F)F)cc2[C@@H](NCc2cc(C(F)(F)F)cc(C(F)(F)F)c2)C[C@H]1CC. The van der Waals surface area contributed by atoms with Gasteiger partial charge in [0.25, 0.3) is 0 Å². The topological polar surface area (TPSA) is 50.8 Å². The van der Waals surface area contributed by atoms with E-state index in [1.807, 2.05) is 0 Å². The van der Waals surface area contributed by atoms with Crippen LogP contribution in [0.2, 0.25) is 0 Å². The van der Waals surface area contributed by atoms with E-state index in [1.54, 1.807) is 13.8 Å². The van der Waals surface area contributed by atoms with E-state index in [-0.39, 0.29) is 35.9 Å².